The average Bonchev–Trinajstić information content (AvgIpc) is 2.67. The highest BCUT2D eigenvalue weighted by atomic mass is 32.2. The second-order valence-electron chi connectivity index (χ2n) is 7.32. The highest BCUT2D eigenvalue weighted by Crippen LogP contribution is 2.25. The molecule has 0 unspecified atom stereocenters. The minimum atomic E-state index is -3.48. The fraction of sp³-hybridized carbons (Fsp3) is 0.381. The van der Waals surface area contributed by atoms with Crippen molar-refractivity contribution in [3.05, 3.63) is 53.1 Å². The lowest BCUT2D eigenvalue weighted by atomic mass is 10.1. The Labute approximate surface area is 173 Å². The Morgan fingerprint density at radius 2 is 1.57 bits per heavy atom. The van der Waals surface area contributed by atoms with Crippen molar-refractivity contribution in [1.29, 1.82) is 0 Å². The van der Waals surface area contributed by atoms with Gasteiger partial charge in [-0.25, -0.2) is 8.42 Å². The molecule has 0 radical (unpaired) electrons. The van der Waals surface area contributed by atoms with Gasteiger partial charge in [0.15, 0.2) is 5.11 Å². The minimum absolute atomic E-state index is 0.302. The van der Waals surface area contributed by atoms with Gasteiger partial charge in [-0.3, -0.25) is 0 Å². The first-order chi connectivity index (χ1) is 13.3. The Kier molecular flexibility index (Phi) is 6.37. The van der Waals surface area contributed by atoms with Crippen LogP contribution < -0.4 is 10.6 Å². The molecule has 0 aromatic heterocycles. The smallest absolute Gasteiger partial charge is 0.243 e. The largest absolute Gasteiger partial charge is 0.332 e. The third kappa shape index (κ3) is 4.71. The Bertz CT molecular complexity index is 981. The predicted molar refractivity (Wildman–Crippen MR) is 120 cm³/mol. The van der Waals surface area contributed by atoms with Gasteiger partial charge in [0.05, 0.1) is 4.90 Å². The number of hydrogen-bond acceptors (Lipinski definition) is 3. The van der Waals surface area contributed by atoms with Gasteiger partial charge in [-0.2, -0.15) is 4.31 Å². The monoisotopic (exact) mass is 417 g/mol. The fourth-order valence-electron chi connectivity index (χ4n) is 3.25. The molecule has 0 amide bonds. The molecule has 3 rings (SSSR count). The average molecular weight is 418 g/mol. The SMILES string of the molecule is Cc1ccc(NC(=S)Nc2cc(S(=O)(=O)N3CCCCC3)ccc2C)cc1C. The highest BCUT2D eigenvalue weighted by Gasteiger charge is 2.26. The topological polar surface area (TPSA) is 61.4 Å². The molecule has 1 aliphatic heterocycles. The van der Waals surface area contributed by atoms with Crippen LogP contribution in [0, 0.1) is 20.8 Å². The van der Waals surface area contributed by atoms with Gasteiger partial charge in [-0.1, -0.05) is 18.6 Å². The van der Waals surface area contributed by atoms with Crippen LogP contribution in [0.15, 0.2) is 41.3 Å². The first-order valence-corrected chi connectivity index (χ1v) is 11.4. The second-order valence-corrected chi connectivity index (χ2v) is 9.67. The van der Waals surface area contributed by atoms with E-state index < -0.39 is 10.0 Å². The van der Waals surface area contributed by atoms with Gasteiger partial charge < -0.3 is 10.6 Å². The van der Waals surface area contributed by atoms with Crippen LogP contribution in [-0.2, 0) is 10.0 Å². The number of nitrogens with one attached hydrogen (secondary N) is 2. The van der Waals surface area contributed by atoms with E-state index in [2.05, 4.69) is 24.5 Å². The zero-order chi connectivity index (χ0) is 20.3. The predicted octanol–water partition coefficient (Wildman–Crippen LogP) is 4.60. The van der Waals surface area contributed by atoms with Gasteiger partial charge in [0.25, 0.3) is 0 Å². The van der Waals surface area contributed by atoms with Crippen LogP contribution >= 0.6 is 12.2 Å². The molecule has 5 nitrogen and oxygen atoms in total. The summed E-state index contributed by atoms with van der Waals surface area (Å²) in [6, 6.07) is 11.2. The summed E-state index contributed by atoms with van der Waals surface area (Å²) in [5.74, 6) is 0. The number of hydrogen-bond donors (Lipinski definition) is 2. The number of rotatable bonds is 4. The number of thiocarbonyl (C=S) groups is 1. The lowest BCUT2D eigenvalue weighted by Gasteiger charge is -2.26. The number of aryl methyl sites for hydroxylation is 3. The summed E-state index contributed by atoms with van der Waals surface area (Å²) in [6.45, 7) is 7.22. The Morgan fingerprint density at radius 3 is 2.25 bits per heavy atom. The molecule has 2 aromatic carbocycles. The quantitative estimate of drug-likeness (QED) is 0.712. The lowest BCUT2D eigenvalue weighted by molar-refractivity contribution is 0.346. The van der Waals surface area contributed by atoms with E-state index in [-0.39, 0.29) is 0 Å². The summed E-state index contributed by atoms with van der Waals surface area (Å²) in [4.78, 5) is 0.302. The van der Waals surface area contributed by atoms with Gasteiger partial charge in [-0.05, 0) is 86.8 Å². The van der Waals surface area contributed by atoms with Crippen molar-refractivity contribution in [1.82, 2.24) is 4.31 Å². The maximum atomic E-state index is 12.9. The summed E-state index contributed by atoms with van der Waals surface area (Å²) < 4.78 is 27.5. The van der Waals surface area contributed by atoms with Crippen LogP contribution in [0.2, 0.25) is 0 Å². The lowest BCUT2D eigenvalue weighted by Crippen LogP contribution is -2.35. The van der Waals surface area contributed by atoms with Gasteiger partial charge in [0.2, 0.25) is 10.0 Å². The van der Waals surface area contributed by atoms with E-state index in [0.717, 1.165) is 30.5 Å². The van der Waals surface area contributed by atoms with Crippen molar-refractivity contribution < 1.29 is 8.42 Å². The standard InChI is InChI=1S/C21H27N3O2S2/c1-15-7-9-18(13-17(15)3)22-21(27)23-20-14-19(10-8-16(20)2)28(25,26)24-11-5-4-6-12-24/h7-10,13-14H,4-6,11-12H2,1-3H3,(H2,22,23,27). The molecule has 150 valence electrons. The molecule has 2 aromatic rings. The molecular formula is C21H27N3O2S2. The summed E-state index contributed by atoms with van der Waals surface area (Å²) in [6.07, 6.45) is 2.92. The van der Waals surface area contributed by atoms with Crippen molar-refractivity contribution in [3.8, 4) is 0 Å². The Balaban J connectivity index is 1.77. The number of nitrogens with zero attached hydrogens (tertiary/aromatic N) is 1. The van der Waals surface area contributed by atoms with Gasteiger partial charge in [0.1, 0.15) is 0 Å². The highest BCUT2D eigenvalue weighted by molar-refractivity contribution is 7.89. The van der Waals surface area contributed by atoms with Crippen molar-refractivity contribution in [2.45, 2.75) is 44.9 Å². The third-order valence-corrected chi connectivity index (χ3v) is 7.27. The molecule has 2 N–H and O–H groups in total. The van der Waals surface area contributed by atoms with Gasteiger partial charge >= 0.3 is 0 Å². The van der Waals surface area contributed by atoms with E-state index in [9.17, 15) is 8.42 Å². The van der Waals surface area contributed by atoms with Crippen LogP contribution in [0.25, 0.3) is 0 Å². The molecule has 28 heavy (non-hydrogen) atoms. The molecule has 1 aliphatic rings. The molecule has 1 heterocycles. The first kappa shape index (κ1) is 20.8. The summed E-state index contributed by atoms with van der Waals surface area (Å²) in [5.41, 5.74) is 4.92. The van der Waals surface area contributed by atoms with Crippen LogP contribution in [-0.4, -0.2) is 30.9 Å². The Morgan fingerprint density at radius 1 is 0.893 bits per heavy atom. The van der Waals surface area contributed by atoms with E-state index >= 15 is 0 Å². The number of anilines is 2. The van der Waals surface area contributed by atoms with E-state index in [1.807, 2.05) is 31.2 Å². The normalized spacial score (nSPS) is 15.2. The van der Waals surface area contributed by atoms with Crippen LogP contribution in [0.5, 0.6) is 0 Å². The van der Waals surface area contributed by atoms with Crippen LogP contribution in [0.1, 0.15) is 36.0 Å². The van der Waals surface area contributed by atoms with Crippen LogP contribution in [0.4, 0.5) is 11.4 Å². The van der Waals surface area contributed by atoms with E-state index in [1.165, 1.54) is 11.1 Å². The fourth-order valence-corrected chi connectivity index (χ4v) is 5.03. The van der Waals surface area contributed by atoms with Crippen molar-refractivity contribution in [2.75, 3.05) is 23.7 Å². The van der Waals surface area contributed by atoms with E-state index in [1.54, 1.807) is 16.4 Å². The third-order valence-electron chi connectivity index (χ3n) is 5.17. The molecule has 0 saturated carbocycles. The number of sulfonamides is 1. The molecule has 1 saturated heterocycles. The molecule has 7 heteroatoms. The minimum Gasteiger partial charge on any atom is -0.332 e. The maximum Gasteiger partial charge on any atom is 0.243 e. The zero-order valence-electron chi connectivity index (χ0n) is 16.6. The molecule has 0 bridgehead atoms. The number of benzene rings is 2. The Hall–Kier alpha value is -1.96. The van der Waals surface area contributed by atoms with E-state index in [4.69, 9.17) is 12.2 Å². The molecule has 1 fully saturated rings. The zero-order valence-corrected chi connectivity index (χ0v) is 18.2. The van der Waals surface area contributed by atoms with Crippen molar-refractivity contribution in [2.24, 2.45) is 0 Å². The molecule has 0 aliphatic carbocycles. The summed E-state index contributed by atoms with van der Waals surface area (Å²) in [5, 5.41) is 6.74. The van der Waals surface area contributed by atoms with Crippen molar-refractivity contribution in [3.63, 3.8) is 0 Å². The molecule has 0 atom stereocenters. The maximum absolute atomic E-state index is 12.9. The summed E-state index contributed by atoms with van der Waals surface area (Å²) in [7, 11) is -3.48. The first-order valence-electron chi connectivity index (χ1n) is 9.53. The van der Waals surface area contributed by atoms with E-state index in [0.29, 0.717) is 28.8 Å². The van der Waals surface area contributed by atoms with Crippen molar-refractivity contribution >= 4 is 38.7 Å². The van der Waals surface area contributed by atoms with Crippen LogP contribution in [0.3, 0.4) is 0 Å². The number of piperidine rings is 1. The van der Waals surface area contributed by atoms with Gasteiger partial charge in [0, 0.05) is 24.5 Å². The summed E-state index contributed by atoms with van der Waals surface area (Å²) >= 11 is 5.43. The van der Waals surface area contributed by atoms with Gasteiger partial charge in [-0.15, -0.1) is 0 Å². The molecule has 0 spiro atoms. The second kappa shape index (κ2) is 8.59. The molecular weight excluding hydrogens is 390 g/mol.